The Morgan fingerprint density at radius 1 is 1.56 bits per heavy atom. The fraction of sp³-hybridized carbons (Fsp3) is 0.462. The maximum absolute atomic E-state index is 10.7. The Morgan fingerprint density at radius 3 is 2.94 bits per heavy atom. The molecule has 0 spiro atoms. The van der Waals surface area contributed by atoms with Crippen molar-refractivity contribution in [1.29, 1.82) is 0 Å². The largest absolute Gasteiger partial charge is 0.484 e. The van der Waals surface area contributed by atoms with Gasteiger partial charge in [-0.25, -0.2) is 0 Å². The van der Waals surface area contributed by atoms with E-state index in [-0.39, 0.29) is 12.0 Å². The fourth-order valence-corrected chi connectivity index (χ4v) is 2.25. The highest BCUT2D eigenvalue weighted by Crippen LogP contribution is 2.40. The Hall–Kier alpha value is -1.91. The molecule has 2 rings (SSSR count). The van der Waals surface area contributed by atoms with Crippen LogP contribution in [0, 0.1) is 0 Å². The van der Waals surface area contributed by atoms with Crippen LogP contribution in [0.3, 0.4) is 0 Å². The van der Waals surface area contributed by atoms with Crippen LogP contribution in [0.15, 0.2) is 18.2 Å². The zero-order valence-corrected chi connectivity index (χ0v) is 10.6. The molecule has 0 amide bonds. The zero-order valence-electron chi connectivity index (χ0n) is 10.6. The Kier molecular flexibility index (Phi) is 3.07. The van der Waals surface area contributed by atoms with Crippen molar-refractivity contribution in [2.24, 2.45) is 0 Å². The van der Waals surface area contributed by atoms with Gasteiger partial charge in [-0.05, 0) is 26.0 Å². The van der Waals surface area contributed by atoms with Crippen molar-refractivity contribution in [3.05, 3.63) is 18.2 Å². The number of carboxylic acids is 1. The molecule has 5 nitrogen and oxygen atoms in total. The van der Waals surface area contributed by atoms with E-state index < -0.39 is 5.97 Å². The Balaban J connectivity index is 2.32. The van der Waals surface area contributed by atoms with E-state index in [2.05, 4.69) is 0 Å². The van der Waals surface area contributed by atoms with Crippen molar-refractivity contribution in [3.8, 4) is 5.75 Å². The van der Waals surface area contributed by atoms with Gasteiger partial charge < -0.3 is 20.5 Å². The number of anilines is 2. The molecule has 0 unspecified atom stereocenters. The Morgan fingerprint density at radius 2 is 2.28 bits per heavy atom. The van der Waals surface area contributed by atoms with E-state index in [0.29, 0.717) is 18.8 Å². The summed E-state index contributed by atoms with van der Waals surface area (Å²) in [5, 5.41) is 8.80. The third-order valence-corrected chi connectivity index (χ3v) is 2.90. The summed E-state index contributed by atoms with van der Waals surface area (Å²) in [5.74, 6) is -0.0908. The molecule has 0 saturated heterocycles. The second-order valence-electron chi connectivity index (χ2n) is 5.12. The van der Waals surface area contributed by atoms with Crippen LogP contribution >= 0.6 is 0 Å². The SMILES string of the molecule is CC1(C)CN(CCC(=O)O)c2c(N)cccc2O1. The van der Waals surface area contributed by atoms with Gasteiger partial charge in [0.1, 0.15) is 17.0 Å². The fourth-order valence-electron chi connectivity index (χ4n) is 2.25. The van der Waals surface area contributed by atoms with Crippen LogP contribution in [0.1, 0.15) is 20.3 Å². The molecule has 0 atom stereocenters. The molecule has 3 N–H and O–H groups in total. The monoisotopic (exact) mass is 250 g/mol. The number of hydrogen-bond acceptors (Lipinski definition) is 4. The summed E-state index contributed by atoms with van der Waals surface area (Å²) in [6, 6.07) is 5.50. The van der Waals surface area contributed by atoms with Crippen LogP contribution in [0.4, 0.5) is 11.4 Å². The molecule has 5 heteroatoms. The molecule has 0 bridgehead atoms. The highest BCUT2D eigenvalue weighted by Gasteiger charge is 2.32. The van der Waals surface area contributed by atoms with Crippen LogP contribution < -0.4 is 15.4 Å². The van der Waals surface area contributed by atoms with E-state index in [1.165, 1.54) is 0 Å². The van der Waals surface area contributed by atoms with Crippen molar-refractivity contribution in [1.82, 2.24) is 0 Å². The van der Waals surface area contributed by atoms with Crippen LogP contribution in [0.2, 0.25) is 0 Å². The molecule has 1 aliphatic rings. The third-order valence-electron chi connectivity index (χ3n) is 2.90. The summed E-state index contributed by atoms with van der Waals surface area (Å²) in [6.07, 6.45) is 0.0872. The van der Waals surface area contributed by atoms with Crippen molar-refractivity contribution < 1.29 is 14.6 Å². The maximum Gasteiger partial charge on any atom is 0.305 e. The minimum absolute atomic E-state index is 0.0872. The standard InChI is InChI=1S/C13H18N2O3/c1-13(2)8-15(7-6-11(16)17)12-9(14)4-3-5-10(12)18-13/h3-5H,6-8,14H2,1-2H3,(H,16,17). The van der Waals surface area contributed by atoms with Gasteiger partial charge in [0.25, 0.3) is 0 Å². The molecule has 98 valence electrons. The molecular weight excluding hydrogens is 232 g/mol. The molecular formula is C13H18N2O3. The van der Waals surface area contributed by atoms with Crippen molar-refractivity contribution in [2.45, 2.75) is 25.9 Å². The summed E-state index contributed by atoms with van der Waals surface area (Å²) in [7, 11) is 0. The molecule has 0 aromatic heterocycles. The van der Waals surface area contributed by atoms with E-state index in [4.69, 9.17) is 15.6 Å². The molecule has 0 aliphatic carbocycles. The number of aliphatic carboxylic acids is 1. The highest BCUT2D eigenvalue weighted by atomic mass is 16.5. The van der Waals surface area contributed by atoms with Crippen LogP contribution in [-0.2, 0) is 4.79 Å². The zero-order chi connectivity index (χ0) is 13.3. The van der Waals surface area contributed by atoms with Gasteiger partial charge in [0.05, 0.1) is 18.7 Å². The average Bonchev–Trinajstić information content (AvgIpc) is 2.24. The third kappa shape index (κ3) is 2.50. The van der Waals surface area contributed by atoms with Gasteiger partial charge in [-0.15, -0.1) is 0 Å². The minimum atomic E-state index is -0.810. The maximum atomic E-state index is 10.7. The van der Waals surface area contributed by atoms with Crippen LogP contribution in [-0.4, -0.2) is 29.8 Å². The van der Waals surface area contributed by atoms with Crippen molar-refractivity contribution in [2.75, 3.05) is 23.7 Å². The van der Waals surface area contributed by atoms with Gasteiger partial charge in [-0.1, -0.05) is 6.07 Å². The van der Waals surface area contributed by atoms with Gasteiger partial charge in [-0.2, -0.15) is 0 Å². The van der Waals surface area contributed by atoms with Crippen LogP contribution in [0.5, 0.6) is 5.75 Å². The number of nitrogens with zero attached hydrogens (tertiary/aromatic N) is 1. The van der Waals surface area contributed by atoms with E-state index in [1.807, 2.05) is 30.9 Å². The number of benzene rings is 1. The average molecular weight is 250 g/mol. The number of carboxylic acid groups (broad SMARTS) is 1. The number of ether oxygens (including phenoxy) is 1. The topological polar surface area (TPSA) is 75.8 Å². The van der Waals surface area contributed by atoms with Gasteiger partial charge in [0.15, 0.2) is 0 Å². The van der Waals surface area contributed by atoms with E-state index in [9.17, 15) is 4.79 Å². The summed E-state index contributed by atoms with van der Waals surface area (Å²) in [6.45, 7) is 5.02. The van der Waals surface area contributed by atoms with Crippen LogP contribution in [0.25, 0.3) is 0 Å². The molecule has 1 aromatic carbocycles. The first-order valence-electron chi connectivity index (χ1n) is 5.93. The van der Waals surface area contributed by atoms with Crippen molar-refractivity contribution in [3.63, 3.8) is 0 Å². The number of para-hydroxylation sites is 1. The second-order valence-corrected chi connectivity index (χ2v) is 5.12. The lowest BCUT2D eigenvalue weighted by Crippen LogP contribution is -2.47. The smallest absolute Gasteiger partial charge is 0.305 e. The number of hydrogen-bond donors (Lipinski definition) is 2. The first kappa shape index (κ1) is 12.5. The molecule has 18 heavy (non-hydrogen) atoms. The quantitative estimate of drug-likeness (QED) is 0.799. The molecule has 0 radical (unpaired) electrons. The number of nitrogens with two attached hydrogens (primary N) is 1. The van der Waals surface area contributed by atoms with Gasteiger partial charge in [0.2, 0.25) is 0 Å². The normalized spacial score (nSPS) is 16.9. The second kappa shape index (κ2) is 4.40. The Bertz CT molecular complexity index is 471. The number of carbonyl (C=O) groups is 1. The molecule has 1 heterocycles. The molecule has 0 fully saturated rings. The minimum Gasteiger partial charge on any atom is -0.484 e. The first-order chi connectivity index (χ1) is 8.39. The Labute approximate surface area is 106 Å². The molecule has 0 saturated carbocycles. The summed E-state index contributed by atoms with van der Waals surface area (Å²) in [5.41, 5.74) is 7.03. The van der Waals surface area contributed by atoms with Gasteiger partial charge in [-0.3, -0.25) is 4.79 Å². The van der Waals surface area contributed by atoms with Gasteiger partial charge in [0, 0.05) is 6.54 Å². The summed E-state index contributed by atoms with van der Waals surface area (Å²) < 4.78 is 5.87. The predicted octanol–water partition coefficient (Wildman–Crippen LogP) is 1.72. The van der Waals surface area contributed by atoms with Gasteiger partial charge >= 0.3 is 5.97 Å². The summed E-state index contributed by atoms with van der Waals surface area (Å²) in [4.78, 5) is 12.7. The number of fused-ring (bicyclic) bond motifs is 1. The van der Waals surface area contributed by atoms with E-state index >= 15 is 0 Å². The lowest BCUT2D eigenvalue weighted by molar-refractivity contribution is -0.136. The van der Waals surface area contributed by atoms with E-state index in [1.54, 1.807) is 6.07 Å². The summed E-state index contributed by atoms with van der Waals surface area (Å²) >= 11 is 0. The highest BCUT2D eigenvalue weighted by molar-refractivity contribution is 5.77. The molecule has 1 aromatic rings. The molecule has 1 aliphatic heterocycles. The van der Waals surface area contributed by atoms with Crippen molar-refractivity contribution >= 4 is 17.3 Å². The first-order valence-corrected chi connectivity index (χ1v) is 5.93. The number of rotatable bonds is 3. The van der Waals surface area contributed by atoms with E-state index in [0.717, 1.165) is 11.4 Å². The lowest BCUT2D eigenvalue weighted by atomic mass is 10.0. The predicted molar refractivity (Wildman–Crippen MR) is 70.0 cm³/mol. The lowest BCUT2D eigenvalue weighted by Gasteiger charge is -2.41. The number of nitrogen functional groups attached to an aromatic ring is 1.